The zero-order valence-corrected chi connectivity index (χ0v) is 14.1. The first kappa shape index (κ1) is 16.8. The smallest absolute Gasteiger partial charge is 0.308 e. The van der Waals surface area contributed by atoms with Crippen LogP contribution >= 0.6 is 0 Å². The second kappa shape index (κ2) is 5.69. The predicted molar refractivity (Wildman–Crippen MR) is 90.5 cm³/mol. The first-order valence-electron chi connectivity index (χ1n) is 8.22. The second-order valence-corrected chi connectivity index (χ2v) is 6.66. The van der Waals surface area contributed by atoms with Gasteiger partial charge in [0.15, 0.2) is 5.82 Å². The normalized spacial score (nSPS) is 24.6. The van der Waals surface area contributed by atoms with Gasteiger partial charge in [-0.25, -0.2) is 14.4 Å². The van der Waals surface area contributed by atoms with E-state index >= 15 is 0 Å². The Morgan fingerprint density at radius 1 is 1.08 bits per heavy atom. The Morgan fingerprint density at radius 3 is 2.42 bits per heavy atom. The summed E-state index contributed by atoms with van der Waals surface area (Å²) < 4.78 is 52.0. The zero-order valence-electron chi connectivity index (χ0n) is 14.1. The van der Waals surface area contributed by atoms with Crippen molar-refractivity contribution in [3.63, 3.8) is 0 Å². The summed E-state index contributed by atoms with van der Waals surface area (Å²) in [4.78, 5) is 6.01. The summed E-state index contributed by atoms with van der Waals surface area (Å²) in [6.45, 7) is 4.01. The largest absolute Gasteiger partial charge is 0.416 e. The van der Waals surface area contributed by atoms with Crippen molar-refractivity contribution in [1.29, 1.82) is 0 Å². The third kappa shape index (κ3) is 2.51. The Balaban J connectivity index is 1.70. The molecule has 4 rings (SSSR count). The first-order chi connectivity index (χ1) is 12.3. The Kier molecular flexibility index (Phi) is 3.68. The minimum Gasteiger partial charge on any atom is -0.308 e. The monoisotopic (exact) mass is 364 g/mol. The molecule has 3 unspecified atom stereocenters. The van der Waals surface area contributed by atoms with Gasteiger partial charge >= 0.3 is 6.18 Å². The SMILES string of the molecule is CC1c2cc(F)cnc2N2N=CN(c3ccc(C(F)(F)F)cc3)C2C1C. The van der Waals surface area contributed by atoms with Crippen LogP contribution in [-0.2, 0) is 6.18 Å². The number of benzene rings is 1. The maximum Gasteiger partial charge on any atom is 0.416 e. The van der Waals surface area contributed by atoms with Crippen LogP contribution in [0.2, 0.25) is 0 Å². The van der Waals surface area contributed by atoms with Gasteiger partial charge in [0.2, 0.25) is 0 Å². The van der Waals surface area contributed by atoms with E-state index in [-0.39, 0.29) is 18.0 Å². The molecule has 0 amide bonds. The molecule has 0 bridgehead atoms. The quantitative estimate of drug-likeness (QED) is 0.694. The molecule has 0 radical (unpaired) electrons. The van der Waals surface area contributed by atoms with Gasteiger partial charge in [-0.2, -0.15) is 18.3 Å². The van der Waals surface area contributed by atoms with Gasteiger partial charge in [-0.15, -0.1) is 0 Å². The summed E-state index contributed by atoms with van der Waals surface area (Å²) in [5.74, 6) is 0.251. The number of hydrazone groups is 1. The van der Waals surface area contributed by atoms with E-state index < -0.39 is 17.6 Å². The molecule has 3 atom stereocenters. The van der Waals surface area contributed by atoms with Gasteiger partial charge in [0.25, 0.3) is 0 Å². The van der Waals surface area contributed by atoms with E-state index in [1.807, 2.05) is 18.7 Å². The number of rotatable bonds is 1. The van der Waals surface area contributed by atoms with Crippen LogP contribution in [0.25, 0.3) is 0 Å². The van der Waals surface area contributed by atoms with Gasteiger partial charge < -0.3 is 4.90 Å². The molecule has 0 N–H and O–H groups in total. The molecule has 4 nitrogen and oxygen atoms in total. The highest BCUT2D eigenvalue weighted by atomic mass is 19.4. The molecular formula is C18H16F4N4. The fourth-order valence-corrected chi connectivity index (χ4v) is 3.58. The Morgan fingerprint density at radius 2 is 1.77 bits per heavy atom. The van der Waals surface area contributed by atoms with Crippen LogP contribution in [0.4, 0.5) is 29.1 Å². The highest BCUT2D eigenvalue weighted by Crippen LogP contribution is 2.44. The second-order valence-electron chi connectivity index (χ2n) is 6.66. The van der Waals surface area contributed by atoms with Crippen LogP contribution in [0.1, 0.15) is 30.9 Å². The van der Waals surface area contributed by atoms with Gasteiger partial charge in [0.05, 0.1) is 11.8 Å². The van der Waals surface area contributed by atoms with E-state index in [1.54, 1.807) is 11.3 Å². The van der Waals surface area contributed by atoms with Crippen molar-refractivity contribution in [1.82, 2.24) is 4.98 Å². The van der Waals surface area contributed by atoms with E-state index in [0.717, 1.165) is 23.9 Å². The minimum absolute atomic E-state index is 0.0214. The molecule has 3 heterocycles. The molecule has 1 aromatic heterocycles. The molecule has 1 aromatic carbocycles. The average Bonchev–Trinajstić information content (AvgIpc) is 3.04. The summed E-state index contributed by atoms with van der Waals surface area (Å²) in [7, 11) is 0. The van der Waals surface area contributed by atoms with Crippen molar-refractivity contribution >= 4 is 17.8 Å². The van der Waals surface area contributed by atoms with Crippen molar-refractivity contribution < 1.29 is 17.6 Å². The first-order valence-corrected chi connectivity index (χ1v) is 8.22. The number of fused-ring (bicyclic) bond motifs is 3. The molecule has 26 heavy (non-hydrogen) atoms. The molecule has 8 heteroatoms. The van der Waals surface area contributed by atoms with Gasteiger partial charge in [-0.1, -0.05) is 13.8 Å². The van der Waals surface area contributed by atoms with E-state index in [0.29, 0.717) is 11.5 Å². The molecule has 2 aliphatic rings. The van der Waals surface area contributed by atoms with Crippen LogP contribution in [0.5, 0.6) is 0 Å². The number of aromatic nitrogens is 1. The third-order valence-corrected chi connectivity index (χ3v) is 5.16. The van der Waals surface area contributed by atoms with E-state index in [1.165, 1.54) is 18.2 Å². The number of nitrogens with zero attached hydrogens (tertiary/aromatic N) is 4. The van der Waals surface area contributed by atoms with Crippen LogP contribution in [0.3, 0.4) is 0 Å². The van der Waals surface area contributed by atoms with Crippen LogP contribution in [0, 0.1) is 11.7 Å². The van der Waals surface area contributed by atoms with Crippen LogP contribution in [-0.4, -0.2) is 17.5 Å². The Bertz CT molecular complexity index is 862. The average molecular weight is 364 g/mol. The number of pyridine rings is 1. The molecule has 0 saturated heterocycles. The molecule has 2 aliphatic heterocycles. The molecule has 0 spiro atoms. The maximum atomic E-state index is 13.6. The number of alkyl halides is 3. The summed E-state index contributed by atoms with van der Waals surface area (Å²) in [6, 6.07) is 6.46. The summed E-state index contributed by atoms with van der Waals surface area (Å²) in [6.07, 6.45) is -1.87. The summed E-state index contributed by atoms with van der Waals surface area (Å²) in [5, 5.41) is 6.08. The minimum atomic E-state index is -4.37. The van der Waals surface area contributed by atoms with Crippen molar-refractivity contribution in [2.45, 2.75) is 32.1 Å². The molecule has 0 fully saturated rings. The van der Waals surface area contributed by atoms with Crippen molar-refractivity contribution in [2.75, 3.05) is 9.91 Å². The number of anilines is 2. The van der Waals surface area contributed by atoms with E-state index in [4.69, 9.17) is 0 Å². The van der Waals surface area contributed by atoms with Crippen LogP contribution < -0.4 is 9.91 Å². The summed E-state index contributed by atoms with van der Waals surface area (Å²) in [5.41, 5.74) is 0.695. The number of hydrogen-bond acceptors (Lipinski definition) is 4. The topological polar surface area (TPSA) is 31.7 Å². The fraction of sp³-hybridized carbons (Fsp3) is 0.333. The van der Waals surface area contributed by atoms with E-state index in [9.17, 15) is 17.6 Å². The van der Waals surface area contributed by atoms with Gasteiger partial charge in [0, 0.05) is 17.2 Å². The summed E-state index contributed by atoms with van der Waals surface area (Å²) >= 11 is 0. The van der Waals surface area contributed by atoms with E-state index in [2.05, 4.69) is 10.1 Å². The molecule has 0 aliphatic carbocycles. The van der Waals surface area contributed by atoms with Gasteiger partial charge in [-0.3, -0.25) is 0 Å². The third-order valence-electron chi connectivity index (χ3n) is 5.16. The van der Waals surface area contributed by atoms with Crippen molar-refractivity contribution in [3.05, 3.63) is 53.5 Å². The lowest BCUT2D eigenvalue weighted by atomic mass is 9.83. The fourth-order valence-electron chi connectivity index (χ4n) is 3.58. The maximum absolute atomic E-state index is 13.6. The zero-order chi connectivity index (χ0) is 18.6. The lowest BCUT2D eigenvalue weighted by Gasteiger charge is -2.42. The highest BCUT2D eigenvalue weighted by Gasteiger charge is 2.44. The van der Waals surface area contributed by atoms with Gasteiger partial charge in [0.1, 0.15) is 18.3 Å². The Hall–Kier alpha value is -2.64. The molecule has 0 saturated carbocycles. The number of halogens is 4. The molecule has 136 valence electrons. The lowest BCUT2D eigenvalue weighted by Crippen LogP contribution is -2.49. The van der Waals surface area contributed by atoms with Crippen LogP contribution in [0.15, 0.2) is 41.6 Å². The standard InChI is InChI=1S/C18H16F4N4/c1-10-11(2)17-25(14-5-3-12(4-6-14)18(20,21)22)9-24-26(17)16-15(10)7-13(19)8-23-16/h3-11,17H,1-2H3. The number of hydrogen-bond donors (Lipinski definition) is 0. The molecular weight excluding hydrogens is 348 g/mol. The lowest BCUT2D eigenvalue weighted by molar-refractivity contribution is -0.137. The van der Waals surface area contributed by atoms with Gasteiger partial charge in [-0.05, 0) is 36.2 Å². The Labute approximate surface area is 147 Å². The molecule has 2 aromatic rings. The van der Waals surface area contributed by atoms with Crippen molar-refractivity contribution in [3.8, 4) is 0 Å². The van der Waals surface area contributed by atoms with Crippen molar-refractivity contribution in [2.24, 2.45) is 11.0 Å². The highest BCUT2D eigenvalue weighted by molar-refractivity contribution is 5.85. The predicted octanol–water partition coefficient (Wildman–Crippen LogP) is 4.59.